The molecule has 0 bridgehead atoms. The van der Waals surface area contributed by atoms with Crippen LogP contribution in [0.2, 0.25) is 0 Å². The number of rotatable bonds is 2. The number of hydrogen-bond donors (Lipinski definition) is 2. The van der Waals surface area contributed by atoms with Crippen molar-refractivity contribution in [3.05, 3.63) is 0 Å². The second-order valence-corrected chi connectivity index (χ2v) is 4.68. The van der Waals surface area contributed by atoms with Crippen LogP contribution in [0.15, 0.2) is 0 Å². The molecule has 0 aromatic rings. The maximum atomic E-state index is 9.53. The first kappa shape index (κ1) is 18.7. The summed E-state index contributed by atoms with van der Waals surface area (Å²) in [5, 5.41) is 0. The normalized spacial score (nSPS) is 11.1. The van der Waals surface area contributed by atoms with Crippen molar-refractivity contribution in [3.63, 3.8) is 0 Å². The molecule has 0 saturated carbocycles. The van der Waals surface area contributed by atoms with E-state index in [1.807, 2.05) is 0 Å². The van der Waals surface area contributed by atoms with Gasteiger partial charge in [0.15, 0.2) is 0 Å². The Hall–Kier alpha value is 2.00. The third kappa shape index (κ3) is 18.7. The SMILES string of the molecule is [KH].[O]=[Cr](=[O])([OH])[O][Cr](=[O])(=[O])[OH].[SiH4]. The van der Waals surface area contributed by atoms with Gasteiger partial charge in [-0.15, -0.1) is 0 Å². The molecule has 0 aromatic heterocycles. The van der Waals surface area contributed by atoms with E-state index < -0.39 is 27.2 Å². The molecule has 2 N–H and O–H groups in total. The molecule has 0 aromatic carbocycles. The largest absolute Gasteiger partial charge is 0.0149 e. The van der Waals surface area contributed by atoms with Gasteiger partial charge in [0.2, 0.25) is 0 Å². The fraction of sp³-hybridized carbons (Fsp3) is 0. The van der Waals surface area contributed by atoms with E-state index in [1.54, 1.807) is 0 Å². The molecular weight excluding hydrogens is 283 g/mol. The van der Waals surface area contributed by atoms with E-state index in [1.165, 1.54) is 0 Å². The summed E-state index contributed by atoms with van der Waals surface area (Å²) >= 11 is -11.5. The second-order valence-electron chi connectivity index (χ2n) is 0.924. The third-order valence-electron chi connectivity index (χ3n) is 0.172. The van der Waals surface area contributed by atoms with Crippen LogP contribution >= 0.6 is 0 Å². The molecule has 0 atom stereocenters. The molecule has 0 fully saturated rings. The second kappa shape index (κ2) is 6.45. The van der Waals surface area contributed by atoms with Gasteiger partial charge in [-0.1, -0.05) is 0 Å². The minimum absolute atomic E-state index is 0. The molecule has 0 aliphatic rings. The number of hydrogen-bond acceptors (Lipinski definition) is 5. The molecule has 0 saturated heterocycles. The Morgan fingerprint density at radius 2 is 1.09 bits per heavy atom. The molecule has 66 valence electrons. The molecule has 0 spiro atoms. The summed E-state index contributed by atoms with van der Waals surface area (Å²) in [6.45, 7) is 0. The van der Waals surface area contributed by atoms with Crippen molar-refractivity contribution in [3.8, 4) is 0 Å². The monoisotopic (exact) mass is 290 g/mol. The zero-order valence-electron chi connectivity index (χ0n) is 3.75. The molecule has 0 rings (SSSR count). The van der Waals surface area contributed by atoms with Crippen molar-refractivity contribution in [2.45, 2.75) is 0 Å². The van der Waals surface area contributed by atoms with Crippen LogP contribution in [0.25, 0.3) is 0 Å². The zero-order valence-corrected chi connectivity index (χ0v) is 6.30. The molecular formula is H7Cr2KO7Si. The van der Waals surface area contributed by atoms with Crippen LogP contribution in [0, 0.1) is 0 Å². The van der Waals surface area contributed by atoms with Gasteiger partial charge in [0.25, 0.3) is 0 Å². The summed E-state index contributed by atoms with van der Waals surface area (Å²) in [6, 6.07) is 0. The summed E-state index contributed by atoms with van der Waals surface area (Å²) in [5.74, 6) is 0. The van der Waals surface area contributed by atoms with Crippen molar-refractivity contribution >= 4 is 62.3 Å². The van der Waals surface area contributed by atoms with Gasteiger partial charge in [0.1, 0.15) is 0 Å². The van der Waals surface area contributed by atoms with Gasteiger partial charge in [-0.3, -0.25) is 0 Å². The van der Waals surface area contributed by atoms with Crippen LogP contribution in [0.3, 0.4) is 0 Å². The van der Waals surface area contributed by atoms with E-state index in [0.717, 1.165) is 0 Å². The predicted octanol–water partition coefficient (Wildman–Crippen LogP) is -3.76. The van der Waals surface area contributed by atoms with E-state index in [-0.39, 0.29) is 62.3 Å². The molecule has 0 unspecified atom stereocenters. The van der Waals surface area contributed by atoms with Gasteiger partial charge < -0.3 is 0 Å². The Labute approximate surface area is 114 Å². The molecule has 0 aliphatic heterocycles. The van der Waals surface area contributed by atoms with Gasteiger partial charge >= 0.3 is 105 Å². The minimum Gasteiger partial charge on any atom is -0.0149 e. The summed E-state index contributed by atoms with van der Waals surface area (Å²) < 4.78 is 56.3. The van der Waals surface area contributed by atoms with Crippen LogP contribution < -0.4 is 0 Å². The van der Waals surface area contributed by atoms with Crippen LogP contribution in [-0.4, -0.2) is 70.7 Å². The first-order valence-electron chi connectivity index (χ1n) is 1.37. The molecule has 0 aliphatic carbocycles. The maximum Gasteiger partial charge on any atom is -0.0149 e. The van der Waals surface area contributed by atoms with Crippen LogP contribution in [0.5, 0.6) is 0 Å². The topological polar surface area (TPSA) is 118 Å². The van der Waals surface area contributed by atoms with Crippen molar-refractivity contribution in [2.75, 3.05) is 0 Å². The summed E-state index contributed by atoms with van der Waals surface area (Å²) in [6.07, 6.45) is 0. The summed E-state index contributed by atoms with van der Waals surface area (Å²) in [4.78, 5) is 0. The average Bonchev–Trinajstić information content (AvgIpc) is 1.14. The van der Waals surface area contributed by atoms with E-state index >= 15 is 0 Å². The first-order chi connectivity index (χ1) is 3.71. The van der Waals surface area contributed by atoms with Gasteiger partial charge in [0, 0.05) is 0 Å². The predicted molar refractivity (Wildman–Crippen MR) is 26.8 cm³/mol. The standard InChI is InChI=1S/2Cr.K.2H2O.5O.H4Si.H/h;;;2*1H2;;;;;;1H4;/q2*+1;;;;;;;;;;/p-2. The molecule has 0 heterocycles. The summed E-state index contributed by atoms with van der Waals surface area (Å²) in [7, 11) is 0. The fourth-order valence-electron chi connectivity index (χ4n) is 0.109. The minimum atomic E-state index is -5.76. The Morgan fingerprint density at radius 3 is 1.09 bits per heavy atom. The molecule has 11 heavy (non-hydrogen) atoms. The first-order valence-corrected chi connectivity index (χ1v) is 5.63. The van der Waals surface area contributed by atoms with Crippen molar-refractivity contribution in [1.29, 1.82) is 0 Å². The average molecular weight is 290 g/mol. The van der Waals surface area contributed by atoms with Crippen LogP contribution in [0.1, 0.15) is 0 Å². The van der Waals surface area contributed by atoms with Gasteiger partial charge in [-0.2, -0.15) is 0 Å². The van der Waals surface area contributed by atoms with Gasteiger partial charge in [-0.25, -0.2) is 0 Å². The van der Waals surface area contributed by atoms with Gasteiger partial charge in [0.05, 0.1) is 0 Å². The Morgan fingerprint density at radius 1 is 0.909 bits per heavy atom. The molecule has 11 heteroatoms. The van der Waals surface area contributed by atoms with E-state index in [2.05, 4.69) is 2.84 Å². The Kier molecular flexibility index (Phi) is 11.0. The quantitative estimate of drug-likeness (QED) is 0.501. The van der Waals surface area contributed by atoms with Crippen molar-refractivity contribution in [2.24, 2.45) is 0 Å². The Balaban J connectivity index is -0.000000320. The van der Waals surface area contributed by atoms with Crippen LogP contribution in [0.4, 0.5) is 0 Å². The third-order valence-corrected chi connectivity index (χ3v) is 2.92. The fourth-order valence-corrected chi connectivity index (χ4v) is 1.85. The zero-order chi connectivity index (χ0) is 7.71. The van der Waals surface area contributed by atoms with E-state index in [9.17, 15) is 15.2 Å². The van der Waals surface area contributed by atoms with Gasteiger partial charge in [-0.05, 0) is 11.0 Å². The summed E-state index contributed by atoms with van der Waals surface area (Å²) in [5.41, 5.74) is 0. The molecule has 0 amide bonds. The van der Waals surface area contributed by atoms with E-state index in [0.29, 0.717) is 0 Å². The maximum absolute atomic E-state index is 9.53. The smallest absolute Gasteiger partial charge is 0.0149 e. The molecule has 7 nitrogen and oxygen atoms in total. The van der Waals surface area contributed by atoms with E-state index in [4.69, 9.17) is 8.32 Å². The molecule has 0 radical (unpaired) electrons. The Bertz CT molecular complexity index is 242. The van der Waals surface area contributed by atoms with Crippen LogP contribution in [-0.2, 0) is 45.3 Å². The van der Waals surface area contributed by atoms with Crippen molar-refractivity contribution < 1.29 is 53.6 Å². The van der Waals surface area contributed by atoms with Crippen molar-refractivity contribution in [1.82, 2.24) is 0 Å².